The topological polar surface area (TPSA) is 67.2 Å². The summed E-state index contributed by atoms with van der Waals surface area (Å²) in [6.07, 6.45) is 3.25. The molecule has 102 valence electrons. The Balaban J connectivity index is 3.14. The highest BCUT2D eigenvalue weighted by Crippen LogP contribution is 2.23. The van der Waals surface area contributed by atoms with Gasteiger partial charge in [-0.1, -0.05) is 0 Å². The minimum absolute atomic E-state index is 0.0753. The van der Waals surface area contributed by atoms with Crippen molar-refractivity contribution in [3.05, 3.63) is 22.7 Å². The zero-order valence-electron chi connectivity index (χ0n) is 12.0. The third kappa shape index (κ3) is 2.90. The molecule has 1 heterocycles. The predicted octanol–water partition coefficient (Wildman–Crippen LogP) is 1.79. The van der Waals surface area contributed by atoms with E-state index in [9.17, 15) is 9.90 Å². The fraction of sp³-hybridized carbons (Fsp3) is 0.692. The average Bonchev–Trinajstić information content (AvgIpc) is 2.18. The molecule has 0 amide bonds. The fourth-order valence-electron chi connectivity index (χ4n) is 1.37. The highest BCUT2D eigenvalue weighted by Gasteiger charge is 2.35. The predicted molar refractivity (Wildman–Crippen MR) is 72.9 cm³/mol. The van der Waals surface area contributed by atoms with Crippen LogP contribution in [-0.2, 0) is 0 Å². The van der Waals surface area contributed by atoms with Crippen LogP contribution in [0.25, 0.3) is 0 Å². The van der Waals surface area contributed by atoms with Crippen molar-refractivity contribution in [3.8, 4) is 0 Å². The van der Waals surface area contributed by atoms with Crippen molar-refractivity contribution in [1.29, 1.82) is 0 Å². The second kappa shape index (κ2) is 4.72. The number of hydrogen-bond donors (Lipinski definition) is 2. The molecule has 1 rings (SSSR count). The zero-order valence-corrected chi connectivity index (χ0v) is 12.0. The van der Waals surface area contributed by atoms with Gasteiger partial charge in [0.2, 0.25) is 0 Å². The number of hydrogen-bond acceptors (Lipinski definition) is 4. The highest BCUT2D eigenvalue weighted by molar-refractivity contribution is 5.36. The van der Waals surface area contributed by atoms with E-state index < -0.39 is 11.1 Å². The molecule has 2 N–H and O–H groups in total. The highest BCUT2D eigenvalue weighted by atomic mass is 16.3. The molecule has 0 saturated carbocycles. The lowest BCUT2D eigenvalue weighted by Crippen LogP contribution is -2.52. The molecule has 18 heavy (non-hydrogen) atoms. The third-order valence-electron chi connectivity index (χ3n) is 3.38. The van der Waals surface area contributed by atoms with Crippen molar-refractivity contribution in [1.82, 2.24) is 9.55 Å². The Morgan fingerprint density at radius 2 is 1.89 bits per heavy atom. The van der Waals surface area contributed by atoms with Gasteiger partial charge in [-0.25, -0.2) is 4.98 Å². The van der Waals surface area contributed by atoms with Crippen molar-refractivity contribution in [2.75, 3.05) is 5.32 Å². The summed E-state index contributed by atoms with van der Waals surface area (Å²) in [5, 5.41) is 13.1. The first-order valence-electron chi connectivity index (χ1n) is 6.14. The van der Waals surface area contributed by atoms with E-state index in [4.69, 9.17) is 0 Å². The van der Waals surface area contributed by atoms with Gasteiger partial charge in [0.15, 0.2) is 5.82 Å². The van der Waals surface area contributed by atoms with Crippen molar-refractivity contribution in [3.63, 3.8) is 0 Å². The molecule has 0 bridgehead atoms. The van der Waals surface area contributed by atoms with Gasteiger partial charge in [-0.05, 0) is 41.5 Å². The molecule has 0 radical (unpaired) electrons. The minimum atomic E-state index is -0.973. The van der Waals surface area contributed by atoms with Crippen LogP contribution in [0.5, 0.6) is 0 Å². The van der Waals surface area contributed by atoms with Crippen molar-refractivity contribution in [2.45, 2.75) is 58.7 Å². The molecule has 0 aliphatic heterocycles. The quantitative estimate of drug-likeness (QED) is 0.858. The molecule has 5 nitrogen and oxygen atoms in total. The largest absolute Gasteiger partial charge is 0.388 e. The van der Waals surface area contributed by atoms with E-state index in [0.717, 1.165) is 0 Å². The molecular formula is C13H23N3O2. The van der Waals surface area contributed by atoms with E-state index in [1.165, 1.54) is 0 Å². The molecule has 0 aromatic carbocycles. The first kappa shape index (κ1) is 14.7. The number of nitrogens with zero attached hydrogens (tertiary/aromatic N) is 2. The van der Waals surface area contributed by atoms with Crippen LogP contribution >= 0.6 is 0 Å². The number of aliphatic hydroxyl groups is 1. The van der Waals surface area contributed by atoms with Gasteiger partial charge in [0.1, 0.15) is 0 Å². The fourth-order valence-corrected chi connectivity index (χ4v) is 1.37. The standard InChI is InChI=1S/C13H23N3O2/c1-9(2)16-8-7-14-10(11(16)17)15-12(3,4)13(5,6)18/h7-9,18H,1-6H3,(H,14,15). The zero-order chi connectivity index (χ0) is 14.1. The maximum atomic E-state index is 12.2. The number of rotatable bonds is 4. The maximum Gasteiger partial charge on any atom is 0.293 e. The molecule has 1 aromatic rings. The molecule has 0 spiro atoms. The van der Waals surface area contributed by atoms with Crippen molar-refractivity contribution < 1.29 is 5.11 Å². The Labute approximate surface area is 108 Å². The van der Waals surface area contributed by atoms with Crippen LogP contribution < -0.4 is 10.9 Å². The van der Waals surface area contributed by atoms with Crippen LogP contribution in [0, 0.1) is 0 Å². The Morgan fingerprint density at radius 1 is 1.33 bits per heavy atom. The van der Waals surface area contributed by atoms with Gasteiger partial charge in [-0.2, -0.15) is 0 Å². The maximum absolute atomic E-state index is 12.2. The van der Waals surface area contributed by atoms with Crippen molar-refractivity contribution >= 4 is 5.82 Å². The van der Waals surface area contributed by atoms with E-state index in [1.54, 1.807) is 30.8 Å². The lowest BCUT2D eigenvalue weighted by Gasteiger charge is -2.38. The Bertz CT molecular complexity index is 470. The van der Waals surface area contributed by atoms with Crippen LogP contribution in [0.3, 0.4) is 0 Å². The first-order valence-corrected chi connectivity index (χ1v) is 6.14. The van der Waals surface area contributed by atoms with Gasteiger partial charge in [0.25, 0.3) is 5.56 Å². The normalized spacial score (nSPS) is 12.9. The van der Waals surface area contributed by atoms with E-state index in [-0.39, 0.29) is 17.4 Å². The van der Waals surface area contributed by atoms with E-state index in [2.05, 4.69) is 10.3 Å². The molecule has 0 unspecified atom stereocenters. The van der Waals surface area contributed by atoms with Crippen LogP contribution in [0.2, 0.25) is 0 Å². The molecule has 0 aliphatic rings. The Morgan fingerprint density at radius 3 is 2.33 bits per heavy atom. The summed E-state index contributed by atoms with van der Waals surface area (Å²) in [7, 11) is 0. The molecule has 0 aliphatic carbocycles. The molecule has 0 fully saturated rings. The minimum Gasteiger partial charge on any atom is -0.388 e. The summed E-state index contributed by atoms with van der Waals surface area (Å²) >= 11 is 0. The van der Waals surface area contributed by atoms with E-state index >= 15 is 0 Å². The average molecular weight is 253 g/mol. The molecule has 0 atom stereocenters. The van der Waals surface area contributed by atoms with Gasteiger partial charge >= 0.3 is 0 Å². The summed E-state index contributed by atoms with van der Waals surface area (Å²) < 4.78 is 1.61. The second-order valence-corrected chi connectivity index (χ2v) is 5.89. The van der Waals surface area contributed by atoms with Gasteiger partial charge in [-0.15, -0.1) is 0 Å². The van der Waals surface area contributed by atoms with Gasteiger partial charge in [0.05, 0.1) is 11.1 Å². The molecule has 1 aromatic heterocycles. The van der Waals surface area contributed by atoms with Gasteiger partial charge < -0.3 is 15.0 Å². The summed E-state index contributed by atoms with van der Waals surface area (Å²) in [6, 6.07) is 0.0753. The first-order chi connectivity index (χ1) is 8.06. The van der Waals surface area contributed by atoms with E-state index in [1.807, 2.05) is 27.7 Å². The summed E-state index contributed by atoms with van der Waals surface area (Å²) in [5.41, 5.74) is -1.81. The number of anilines is 1. The van der Waals surface area contributed by atoms with Crippen molar-refractivity contribution in [2.24, 2.45) is 0 Å². The van der Waals surface area contributed by atoms with Crippen LogP contribution in [0.4, 0.5) is 5.82 Å². The third-order valence-corrected chi connectivity index (χ3v) is 3.38. The van der Waals surface area contributed by atoms with Crippen LogP contribution in [-0.4, -0.2) is 25.8 Å². The lowest BCUT2D eigenvalue weighted by molar-refractivity contribution is 0.0238. The van der Waals surface area contributed by atoms with Gasteiger partial charge in [-0.3, -0.25) is 4.79 Å². The number of nitrogens with one attached hydrogen (secondary N) is 1. The van der Waals surface area contributed by atoms with Gasteiger partial charge in [0, 0.05) is 18.4 Å². The summed E-state index contributed by atoms with van der Waals surface area (Å²) in [5.74, 6) is 0.262. The van der Waals surface area contributed by atoms with Crippen LogP contribution in [0.1, 0.15) is 47.6 Å². The Kier molecular flexibility index (Phi) is 3.86. The SMILES string of the molecule is CC(C)n1ccnc(NC(C)(C)C(C)(C)O)c1=O. The molecular weight excluding hydrogens is 230 g/mol. The Hall–Kier alpha value is -1.36. The summed E-state index contributed by atoms with van der Waals surface area (Å²) in [6.45, 7) is 10.9. The lowest BCUT2D eigenvalue weighted by atomic mass is 9.86. The van der Waals surface area contributed by atoms with Crippen LogP contribution in [0.15, 0.2) is 17.2 Å². The monoisotopic (exact) mass is 253 g/mol. The summed E-state index contributed by atoms with van der Waals surface area (Å²) in [4.78, 5) is 16.2. The second-order valence-electron chi connectivity index (χ2n) is 5.89. The number of aromatic nitrogens is 2. The van der Waals surface area contributed by atoms with E-state index in [0.29, 0.717) is 0 Å². The smallest absolute Gasteiger partial charge is 0.293 e. The molecule has 5 heteroatoms. The molecule has 0 saturated heterocycles.